The molecule has 0 saturated carbocycles. The highest BCUT2D eigenvalue weighted by Gasteiger charge is 2.29. The predicted molar refractivity (Wildman–Crippen MR) is 143 cm³/mol. The highest BCUT2D eigenvalue weighted by molar-refractivity contribution is 5.94. The first-order valence-electron chi connectivity index (χ1n) is 13.0. The van der Waals surface area contributed by atoms with Gasteiger partial charge in [0, 0.05) is 43.3 Å². The minimum Gasteiger partial charge on any atom is -0.354 e. The molecular formula is C29H38FN5O. The number of aryl methyl sites for hydroxylation is 2. The van der Waals surface area contributed by atoms with Crippen LogP contribution >= 0.6 is 0 Å². The van der Waals surface area contributed by atoms with Crippen LogP contribution in [0, 0.1) is 12.7 Å². The second kappa shape index (κ2) is 11.2. The molecule has 4 rings (SSSR count). The molecule has 6 nitrogen and oxygen atoms in total. The molecule has 7 heteroatoms. The van der Waals surface area contributed by atoms with E-state index < -0.39 is 0 Å². The smallest absolute Gasteiger partial charge is 0.254 e. The van der Waals surface area contributed by atoms with E-state index in [4.69, 9.17) is 5.10 Å². The molecule has 1 aliphatic rings. The van der Waals surface area contributed by atoms with Gasteiger partial charge in [0.1, 0.15) is 11.6 Å². The molecule has 0 unspecified atom stereocenters. The van der Waals surface area contributed by atoms with Crippen molar-refractivity contribution in [1.29, 1.82) is 0 Å². The van der Waals surface area contributed by atoms with Crippen molar-refractivity contribution in [3.8, 4) is 5.69 Å². The summed E-state index contributed by atoms with van der Waals surface area (Å²) in [4.78, 5) is 20.3. The highest BCUT2D eigenvalue weighted by Crippen LogP contribution is 2.31. The maximum absolute atomic E-state index is 14.2. The molecule has 1 fully saturated rings. The molecule has 192 valence electrons. The first kappa shape index (κ1) is 25.9. The van der Waals surface area contributed by atoms with Crippen LogP contribution in [0.5, 0.6) is 0 Å². The summed E-state index contributed by atoms with van der Waals surface area (Å²) in [7, 11) is 0. The third kappa shape index (κ3) is 5.46. The zero-order chi connectivity index (χ0) is 25.8. The molecule has 0 atom stereocenters. The summed E-state index contributed by atoms with van der Waals surface area (Å²) in [6, 6.07) is 14.5. The summed E-state index contributed by atoms with van der Waals surface area (Å²) < 4.78 is 16.0. The lowest BCUT2D eigenvalue weighted by Crippen LogP contribution is -2.47. The summed E-state index contributed by atoms with van der Waals surface area (Å²) >= 11 is 0. The fourth-order valence-electron chi connectivity index (χ4n) is 4.83. The Morgan fingerprint density at radius 3 is 2.33 bits per heavy atom. The zero-order valence-corrected chi connectivity index (χ0v) is 22.2. The highest BCUT2D eigenvalue weighted by atomic mass is 19.1. The van der Waals surface area contributed by atoms with Crippen LogP contribution in [0.15, 0.2) is 48.5 Å². The van der Waals surface area contributed by atoms with Crippen LogP contribution in [-0.4, -0.2) is 64.3 Å². The van der Waals surface area contributed by atoms with Crippen molar-refractivity contribution < 1.29 is 9.18 Å². The van der Waals surface area contributed by atoms with E-state index >= 15 is 0 Å². The van der Waals surface area contributed by atoms with Crippen LogP contribution in [-0.2, 0) is 13.0 Å². The fraction of sp³-hybridized carbons (Fsp3) is 0.448. The van der Waals surface area contributed by atoms with E-state index in [0.29, 0.717) is 17.8 Å². The lowest BCUT2D eigenvalue weighted by Gasteiger charge is -2.36. The van der Waals surface area contributed by atoms with Crippen molar-refractivity contribution in [2.75, 3.05) is 37.6 Å². The van der Waals surface area contributed by atoms with Gasteiger partial charge >= 0.3 is 0 Å². The molecular weight excluding hydrogens is 453 g/mol. The number of piperazine rings is 1. The Bertz CT molecular complexity index is 1180. The number of halogens is 1. The molecule has 0 spiro atoms. The van der Waals surface area contributed by atoms with Gasteiger partial charge in [-0.2, -0.15) is 5.10 Å². The molecule has 36 heavy (non-hydrogen) atoms. The maximum atomic E-state index is 14.2. The fourth-order valence-corrected chi connectivity index (χ4v) is 4.83. The number of aromatic nitrogens is 2. The molecule has 1 aliphatic heterocycles. The van der Waals surface area contributed by atoms with Crippen LogP contribution < -0.4 is 4.90 Å². The standard InChI is InChI=1S/C29H38FN5O/c1-6-23-11-13-24(14-12-23)29(36)34(21(3)4)20-27-22(5)31-35(26-10-8-9-25(30)19-26)28(27)33-17-15-32(7-2)16-18-33/h8-14,19,21H,6-7,15-18,20H2,1-5H3. The number of amides is 1. The van der Waals surface area contributed by atoms with Crippen molar-refractivity contribution in [2.24, 2.45) is 0 Å². The topological polar surface area (TPSA) is 44.6 Å². The SMILES string of the molecule is CCc1ccc(C(=O)N(Cc2c(C)nn(-c3cccc(F)c3)c2N2CCN(CC)CC2)C(C)C)cc1. The molecule has 0 bridgehead atoms. The monoisotopic (exact) mass is 491 g/mol. The van der Waals surface area contributed by atoms with E-state index in [-0.39, 0.29) is 17.8 Å². The van der Waals surface area contributed by atoms with Crippen molar-refractivity contribution in [1.82, 2.24) is 19.6 Å². The van der Waals surface area contributed by atoms with Crippen molar-refractivity contribution in [3.05, 3.63) is 76.7 Å². The lowest BCUT2D eigenvalue weighted by molar-refractivity contribution is 0.0690. The Morgan fingerprint density at radius 1 is 1.06 bits per heavy atom. The van der Waals surface area contributed by atoms with Gasteiger partial charge < -0.3 is 14.7 Å². The second-order valence-corrected chi connectivity index (χ2v) is 9.78. The molecule has 1 amide bonds. The van der Waals surface area contributed by atoms with E-state index in [1.54, 1.807) is 6.07 Å². The third-order valence-electron chi connectivity index (χ3n) is 7.15. The van der Waals surface area contributed by atoms with E-state index in [0.717, 1.165) is 56.2 Å². The average Bonchev–Trinajstić information content (AvgIpc) is 3.22. The normalized spacial score (nSPS) is 14.5. The molecule has 2 aromatic carbocycles. The Morgan fingerprint density at radius 2 is 1.75 bits per heavy atom. The zero-order valence-electron chi connectivity index (χ0n) is 22.2. The number of hydrogen-bond donors (Lipinski definition) is 0. The summed E-state index contributed by atoms with van der Waals surface area (Å²) in [6.45, 7) is 15.5. The quantitative estimate of drug-likeness (QED) is 0.441. The van der Waals surface area contributed by atoms with Gasteiger partial charge in [0.15, 0.2) is 0 Å². The van der Waals surface area contributed by atoms with E-state index in [2.05, 4.69) is 23.6 Å². The summed E-state index contributed by atoms with van der Waals surface area (Å²) in [6.07, 6.45) is 0.940. The van der Waals surface area contributed by atoms with Crippen LogP contribution in [0.3, 0.4) is 0 Å². The summed E-state index contributed by atoms with van der Waals surface area (Å²) in [5.41, 5.74) is 4.45. The van der Waals surface area contributed by atoms with Gasteiger partial charge in [-0.1, -0.05) is 32.0 Å². The van der Waals surface area contributed by atoms with Crippen LogP contribution in [0.4, 0.5) is 10.2 Å². The van der Waals surface area contributed by atoms with Crippen molar-refractivity contribution in [2.45, 2.75) is 53.6 Å². The van der Waals surface area contributed by atoms with Gasteiger partial charge in [0.25, 0.3) is 5.91 Å². The number of carbonyl (C=O) groups excluding carboxylic acids is 1. The molecule has 0 radical (unpaired) electrons. The van der Waals surface area contributed by atoms with Gasteiger partial charge in [-0.05, 0) is 69.6 Å². The Kier molecular flexibility index (Phi) is 8.09. The number of anilines is 1. The van der Waals surface area contributed by atoms with Gasteiger partial charge in [0.2, 0.25) is 0 Å². The Balaban J connectivity index is 1.73. The van der Waals surface area contributed by atoms with Gasteiger partial charge in [-0.15, -0.1) is 0 Å². The number of carbonyl (C=O) groups is 1. The number of benzene rings is 2. The maximum Gasteiger partial charge on any atom is 0.254 e. The predicted octanol–water partition coefficient (Wildman–Crippen LogP) is 5.07. The minimum atomic E-state index is -0.293. The molecule has 0 N–H and O–H groups in total. The molecule has 1 saturated heterocycles. The molecule has 2 heterocycles. The van der Waals surface area contributed by atoms with Gasteiger partial charge in [-0.3, -0.25) is 4.79 Å². The molecule has 0 aliphatic carbocycles. The van der Waals surface area contributed by atoms with E-state index in [1.165, 1.54) is 17.7 Å². The average molecular weight is 492 g/mol. The first-order valence-corrected chi connectivity index (χ1v) is 13.0. The van der Waals surface area contributed by atoms with Crippen LogP contribution in [0.1, 0.15) is 54.9 Å². The van der Waals surface area contributed by atoms with Crippen LogP contribution in [0.25, 0.3) is 5.69 Å². The van der Waals surface area contributed by atoms with E-state index in [1.807, 2.05) is 60.7 Å². The second-order valence-electron chi connectivity index (χ2n) is 9.78. The number of nitrogens with zero attached hydrogens (tertiary/aromatic N) is 5. The van der Waals surface area contributed by atoms with E-state index in [9.17, 15) is 9.18 Å². The van der Waals surface area contributed by atoms with Gasteiger partial charge in [-0.25, -0.2) is 9.07 Å². The van der Waals surface area contributed by atoms with Crippen LogP contribution in [0.2, 0.25) is 0 Å². The lowest BCUT2D eigenvalue weighted by atomic mass is 10.1. The largest absolute Gasteiger partial charge is 0.354 e. The third-order valence-corrected chi connectivity index (χ3v) is 7.15. The Labute approximate surface area is 214 Å². The number of hydrogen-bond acceptors (Lipinski definition) is 4. The molecule has 3 aromatic rings. The minimum absolute atomic E-state index is 0.00469. The number of likely N-dealkylation sites (N-methyl/N-ethyl adjacent to an activating group) is 1. The summed E-state index contributed by atoms with van der Waals surface area (Å²) in [5.74, 6) is 0.666. The van der Waals surface area contributed by atoms with Crippen molar-refractivity contribution in [3.63, 3.8) is 0 Å². The summed E-state index contributed by atoms with van der Waals surface area (Å²) in [5, 5.41) is 4.86. The van der Waals surface area contributed by atoms with Gasteiger partial charge in [0.05, 0.1) is 17.9 Å². The number of rotatable bonds is 8. The first-order chi connectivity index (χ1) is 17.3. The molecule has 1 aromatic heterocycles. The Hall–Kier alpha value is -3.19. The van der Waals surface area contributed by atoms with Crippen molar-refractivity contribution >= 4 is 11.7 Å².